The van der Waals surface area contributed by atoms with Gasteiger partial charge in [0, 0.05) is 24.7 Å². The molecule has 0 radical (unpaired) electrons. The predicted octanol–water partition coefficient (Wildman–Crippen LogP) is 4.41. The third-order valence-electron chi connectivity index (χ3n) is 4.06. The first-order chi connectivity index (χ1) is 13.3. The molecular formula is C21H26N4OS. The number of rotatable bonds is 11. The molecule has 1 aromatic carbocycles. The number of thiazole rings is 1. The summed E-state index contributed by atoms with van der Waals surface area (Å²) in [7, 11) is 0. The third kappa shape index (κ3) is 7.00. The van der Waals surface area contributed by atoms with Gasteiger partial charge in [0.05, 0.1) is 10.7 Å². The summed E-state index contributed by atoms with van der Waals surface area (Å²) in [6.07, 6.45) is 4.06. The summed E-state index contributed by atoms with van der Waals surface area (Å²) in [5, 5.41) is 9.93. The van der Waals surface area contributed by atoms with Crippen molar-refractivity contribution >= 4 is 17.2 Å². The Morgan fingerprint density at radius 3 is 2.63 bits per heavy atom. The number of nitrogens with one attached hydrogen (secondary N) is 2. The van der Waals surface area contributed by atoms with Gasteiger partial charge in [0.1, 0.15) is 18.2 Å². The van der Waals surface area contributed by atoms with Crippen molar-refractivity contribution < 1.29 is 4.74 Å². The van der Waals surface area contributed by atoms with E-state index in [9.17, 15) is 0 Å². The molecule has 2 heterocycles. The van der Waals surface area contributed by atoms with Crippen LogP contribution in [0, 0.1) is 6.92 Å². The van der Waals surface area contributed by atoms with Crippen LogP contribution in [-0.4, -0.2) is 23.1 Å². The largest absolute Gasteiger partial charge is 0.487 e. The van der Waals surface area contributed by atoms with Crippen molar-refractivity contribution in [2.75, 3.05) is 18.4 Å². The van der Waals surface area contributed by atoms with E-state index >= 15 is 0 Å². The van der Waals surface area contributed by atoms with Gasteiger partial charge in [-0.3, -0.25) is 0 Å². The molecule has 2 N–H and O–H groups in total. The Kier molecular flexibility index (Phi) is 7.62. The Labute approximate surface area is 164 Å². The Bertz CT molecular complexity index is 789. The van der Waals surface area contributed by atoms with Crippen LogP contribution in [0.2, 0.25) is 0 Å². The maximum atomic E-state index is 5.78. The number of anilines is 1. The van der Waals surface area contributed by atoms with Crippen LogP contribution in [0.25, 0.3) is 0 Å². The zero-order chi connectivity index (χ0) is 18.7. The van der Waals surface area contributed by atoms with E-state index in [1.165, 1.54) is 5.56 Å². The van der Waals surface area contributed by atoms with Gasteiger partial charge in [-0.2, -0.15) is 0 Å². The maximum absolute atomic E-state index is 5.78. The van der Waals surface area contributed by atoms with Gasteiger partial charge in [0.15, 0.2) is 0 Å². The monoisotopic (exact) mass is 382 g/mol. The summed E-state index contributed by atoms with van der Waals surface area (Å²) in [5.41, 5.74) is 2.25. The lowest BCUT2D eigenvalue weighted by Gasteiger charge is -2.08. The van der Waals surface area contributed by atoms with E-state index < -0.39 is 0 Å². The topological polar surface area (TPSA) is 59.1 Å². The highest BCUT2D eigenvalue weighted by Crippen LogP contribution is 2.15. The molecule has 0 aliphatic rings. The van der Waals surface area contributed by atoms with Crippen LogP contribution in [-0.2, 0) is 13.2 Å². The van der Waals surface area contributed by atoms with E-state index in [0.29, 0.717) is 6.61 Å². The molecule has 0 unspecified atom stereocenters. The quantitative estimate of drug-likeness (QED) is 0.481. The molecule has 6 heteroatoms. The number of ether oxygens (including phenoxy) is 1. The van der Waals surface area contributed by atoms with Crippen molar-refractivity contribution in [3.63, 3.8) is 0 Å². The molecular weight excluding hydrogens is 356 g/mol. The third-order valence-corrected chi connectivity index (χ3v) is 4.88. The van der Waals surface area contributed by atoms with Crippen LogP contribution < -0.4 is 15.4 Å². The van der Waals surface area contributed by atoms with Crippen molar-refractivity contribution in [3.8, 4) is 5.75 Å². The first-order valence-electron chi connectivity index (χ1n) is 9.28. The summed E-state index contributed by atoms with van der Waals surface area (Å²) in [6.45, 7) is 5.36. The van der Waals surface area contributed by atoms with E-state index in [2.05, 4.69) is 32.7 Å². The molecule has 5 nitrogen and oxygen atoms in total. The second-order valence-electron chi connectivity index (χ2n) is 6.32. The van der Waals surface area contributed by atoms with Crippen LogP contribution in [0.15, 0.2) is 54.0 Å². The molecule has 0 spiro atoms. The highest BCUT2D eigenvalue weighted by Gasteiger charge is 2.00. The Morgan fingerprint density at radius 2 is 1.89 bits per heavy atom. The fourth-order valence-electron chi connectivity index (χ4n) is 2.63. The van der Waals surface area contributed by atoms with Crippen molar-refractivity contribution in [1.82, 2.24) is 15.3 Å². The normalized spacial score (nSPS) is 10.7. The second-order valence-corrected chi connectivity index (χ2v) is 7.38. The summed E-state index contributed by atoms with van der Waals surface area (Å²) < 4.78 is 5.78. The zero-order valence-electron chi connectivity index (χ0n) is 15.6. The Balaban J connectivity index is 1.26. The van der Waals surface area contributed by atoms with Crippen LogP contribution in [0.1, 0.15) is 29.1 Å². The summed E-state index contributed by atoms with van der Waals surface area (Å²) in [6, 6.07) is 14.2. The van der Waals surface area contributed by atoms with E-state index in [1.807, 2.05) is 42.6 Å². The fourth-order valence-corrected chi connectivity index (χ4v) is 3.22. The minimum Gasteiger partial charge on any atom is -0.487 e. The SMILES string of the molecule is Cc1nc(COc2ccc(CNCCCCNc3ccccn3)cc2)cs1. The molecule has 142 valence electrons. The van der Waals surface area contributed by atoms with Crippen LogP contribution in [0.5, 0.6) is 5.75 Å². The summed E-state index contributed by atoms with van der Waals surface area (Å²) in [4.78, 5) is 8.66. The average molecular weight is 383 g/mol. The summed E-state index contributed by atoms with van der Waals surface area (Å²) >= 11 is 1.65. The van der Waals surface area contributed by atoms with Gasteiger partial charge >= 0.3 is 0 Å². The van der Waals surface area contributed by atoms with Gasteiger partial charge < -0.3 is 15.4 Å². The zero-order valence-corrected chi connectivity index (χ0v) is 16.5. The Morgan fingerprint density at radius 1 is 1.04 bits per heavy atom. The lowest BCUT2D eigenvalue weighted by molar-refractivity contribution is 0.302. The van der Waals surface area contributed by atoms with Gasteiger partial charge in [0.2, 0.25) is 0 Å². The highest BCUT2D eigenvalue weighted by atomic mass is 32.1. The molecule has 0 atom stereocenters. The number of pyridine rings is 1. The number of unbranched alkanes of at least 4 members (excludes halogenated alkanes) is 1. The summed E-state index contributed by atoms with van der Waals surface area (Å²) in [5.74, 6) is 1.82. The van der Waals surface area contributed by atoms with E-state index in [-0.39, 0.29) is 0 Å². The maximum Gasteiger partial charge on any atom is 0.131 e. The molecule has 0 aliphatic heterocycles. The van der Waals surface area contributed by atoms with Gasteiger partial charge in [0.25, 0.3) is 0 Å². The molecule has 0 bridgehead atoms. The van der Waals surface area contributed by atoms with Gasteiger partial charge in [-0.15, -0.1) is 11.3 Å². The average Bonchev–Trinajstić information content (AvgIpc) is 3.12. The fraction of sp³-hybridized carbons (Fsp3) is 0.333. The number of hydrogen-bond donors (Lipinski definition) is 2. The molecule has 0 saturated heterocycles. The van der Waals surface area contributed by atoms with Gasteiger partial charge in [-0.1, -0.05) is 18.2 Å². The van der Waals surface area contributed by atoms with Crippen LogP contribution in [0.3, 0.4) is 0 Å². The minimum absolute atomic E-state index is 0.522. The Hall–Kier alpha value is -2.44. The lowest BCUT2D eigenvalue weighted by atomic mass is 10.2. The molecule has 3 rings (SSSR count). The number of nitrogens with zero attached hydrogens (tertiary/aromatic N) is 2. The molecule has 2 aromatic heterocycles. The van der Waals surface area contributed by atoms with E-state index in [1.54, 1.807) is 17.5 Å². The highest BCUT2D eigenvalue weighted by molar-refractivity contribution is 7.09. The van der Waals surface area contributed by atoms with Crippen LogP contribution in [0.4, 0.5) is 5.82 Å². The van der Waals surface area contributed by atoms with Crippen molar-refractivity contribution in [2.45, 2.75) is 32.9 Å². The predicted molar refractivity (Wildman–Crippen MR) is 111 cm³/mol. The smallest absolute Gasteiger partial charge is 0.131 e. The molecule has 0 saturated carbocycles. The van der Waals surface area contributed by atoms with E-state index in [0.717, 1.165) is 54.7 Å². The number of hydrogen-bond acceptors (Lipinski definition) is 6. The standard InChI is InChI=1S/C21H26N4OS/c1-17-25-19(16-27-17)15-26-20-9-7-18(8-10-20)14-22-11-4-5-13-24-21-6-2-3-12-23-21/h2-3,6-10,12,16,22H,4-5,11,13-15H2,1H3,(H,23,24). The number of benzene rings is 1. The van der Waals surface area contributed by atoms with Crippen LogP contribution >= 0.6 is 11.3 Å². The van der Waals surface area contributed by atoms with E-state index in [4.69, 9.17) is 4.74 Å². The molecule has 27 heavy (non-hydrogen) atoms. The minimum atomic E-state index is 0.522. The second kappa shape index (κ2) is 10.6. The molecule has 0 fully saturated rings. The van der Waals surface area contributed by atoms with Crippen molar-refractivity contribution in [2.24, 2.45) is 0 Å². The number of aryl methyl sites for hydroxylation is 1. The number of aromatic nitrogens is 2. The van der Waals surface area contributed by atoms with Crippen molar-refractivity contribution in [3.05, 3.63) is 70.3 Å². The first kappa shape index (κ1) is 19.3. The molecule has 0 aliphatic carbocycles. The van der Waals surface area contributed by atoms with Gasteiger partial charge in [-0.05, 0) is 56.1 Å². The molecule has 0 amide bonds. The first-order valence-corrected chi connectivity index (χ1v) is 10.2. The molecule has 3 aromatic rings. The van der Waals surface area contributed by atoms with Gasteiger partial charge in [-0.25, -0.2) is 9.97 Å². The van der Waals surface area contributed by atoms with Crippen molar-refractivity contribution in [1.29, 1.82) is 0 Å². The lowest BCUT2D eigenvalue weighted by Crippen LogP contribution is -2.15.